The Morgan fingerprint density at radius 1 is 1.38 bits per heavy atom. The van der Waals surface area contributed by atoms with E-state index in [1.807, 2.05) is 0 Å². The first-order chi connectivity index (χ1) is 6.20. The Bertz CT molecular complexity index is 135. The van der Waals surface area contributed by atoms with Gasteiger partial charge in [0.05, 0.1) is 32.5 Å². The zero-order valence-electron chi connectivity index (χ0n) is 7.26. The molecule has 78 valence electrons. The van der Waals surface area contributed by atoms with Gasteiger partial charge < -0.3 is 30.2 Å². The van der Waals surface area contributed by atoms with Gasteiger partial charge in [0.15, 0.2) is 12.6 Å². The first kappa shape index (κ1) is 10.8. The van der Waals surface area contributed by atoms with Crippen molar-refractivity contribution in [2.45, 2.75) is 18.6 Å². The average molecular weight is 193 g/mol. The van der Waals surface area contributed by atoms with E-state index in [9.17, 15) is 0 Å². The van der Waals surface area contributed by atoms with Gasteiger partial charge in [0.1, 0.15) is 0 Å². The van der Waals surface area contributed by atoms with Crippen LogP contribution >= 0.6 is 0 Å². The Morgan fingerprint density at radius 3 is 2.54 bits per heavy atom. The molecule has 0 aromatic rings. The zero-order chi connectivity index (χ0) is 9.68. The van der Waals surface area contributed by atoms with Gasteiger partial charge in [0, 0.05) is 0 Å². The number of rotatable bonds is 5. The summed E-state index contributed by atoms with van der Waals surface area (Å²) < 4.78 is 15.2. The summed E-state index contributed by atoms with van der Waals surface area (Å²) in [5.41, 5.74) is 5.29. The molecule has 0 amide bonds. The standard InChI is InChI=1S/C7H15NO5/c8-5(7(9)10)3-11-4-6-12-1-2-13-6/h5-7,9-10H,1-4,8H2. The lowest BCUT2D eigenvalue weighted by Gasteiger charge is -2.15. The van der Waals surface area contributed by atoms with Gasteiger partial charge in [-0.05, 0) is 0 Å². The molecule has 0 aromatic heterocycles. The number of hydrogen-bond acceptors (Lipinski definition) is 6. The molecule has 0 saturated carbocycles. The first-order valence-electron chi connectivity index (χ1n) is 4.13. The van der Waals surface area contributed by atoms with Crippen LogP contribution in [-0.4, -0.2) is 55.3 Å². The predicted octanol–water partition coefficient (Wildman–Crippen LogP) is -1.99. The normalized spacial score (nSPS) is 21.2. The van der Waals surface area contributed by atoms with Crippen molar-refractivity contribution in [1.82, 2.24) is 0 Å². The number of aliphatic hydroxyl groups is 2. The van der Waals surface area contributed by atoms with Crippen LogP contribution in [0.1, 0.15) is 0 Å². The molecular formula is C7H15NO5. The van der Waals surface area contributed by atoms with E-state index in [1.54, 1.807) is 0 Å². The monoisotopic (exact) mass is 193 g/mol. The lowest BCUT2D eigenvalue weighted by atomic mass is 10.3. The third kappa shape index (κ3) is 3.99. The van der Waals surface area contributed by atoms with Crippen molar-refractivity contribution < 1.29 is 24.4 Å². The van der Waals surface area contributed by atoms with Crippen molar-refractivity contribution in [3.05, 3.63) is 0 Å². The van der Waals surface area contributed by atoms with Gasteiger partial charge in [0.2, 0.25) is 0 Å². The van der Waals surface area contributed by atoms with E-state index in [2.05, 4.69) is 0 Å². The van der Waals surface area contributed by atoms with Crippen LogP contribution in [0.5, 0.6) is 0 Å². The maximum absolute atomic E-state index is 8.60. The summed E-state index contributed by atoms with van der Waals surface area (Å²) in [5, 5.41) is 17.2. The molecule has 13 heavy (non-hydrogen) atoms. The third-order valence-electron chi connectivity index (χ3n) is 1.64. The summed E-state index contributed by atoms with van der Waals surface area (Å²) in [4.78, 5) is 0. The van der Waals surface area contributed by atoms with Crippen molar-refractivity contribution in [3.8, 4) is 0 Å². The van der Waals surface area contributed by atoms with Crippen molar-refractivity contribution in [2.24, 2.45) is 5.73 Å². The van der Waals surface area contributed by atoms with E-state index in [0.29, 0.717) is 13.2 Å². The highest BCUT2D eigenvalue weighted by atomic mass is 16.7. The van der Waals surface area contributed by atoms with E-state index in [-0.39, 0.29) is 19.5 Å². The van der Waals surface area contributed by atoms with Gasteiger partial charge in [-0.1, -0.05) is 0 Å². The zero-order valence-corrected chi connectivity index (χ0v) is 7.26. The molecule has 1 rings (SSSR count). The van der Waals surface area contributed by atoms with Crippen LogP contribution in [0, 0.1) is 0 Å². The largest absolute Gasteiger partial charge is 0.374 e. The highest BCUT2D eigenvalue weighted by Gasteiger charge is 2.17. The van der Waals surface area contributed by atoms with Crippen LogP contribution in [0.25, 0.3) is 0 Å². The van der Waals surface area contributed by atoms with E-state index in [1.165, 1.54) is 0 Å². The van der Waals surface area contributed by atoms with E-state index >= 15 is 0 Å². The summed E-state index contributed by atoms with van der Waals surface area (Å²) in [6.07, 6.45) is -1.89. The quantitative estimate of drug-likeness (QED) is 0.438. The fourth-order valence-corrected chi connectivity index (χ4v) is 0.890. The van der Waals surface area contributed by atoms with Gasteiger partial charge in [0.25, 0.3) is 0 Å². The van der Waals surface area contributed by atoms with E-state index in [4.69, 9.17) is 30.2 Å². The Labute approximate surface area is 76.2 Å². The number of hydrogen-bond donors (Lipinski definition) is 3. The smallest absolute Gasteiger partial charge is 0.181 e. The fraction of sp³-hybridized carbons (Fsp3) is 1.00. The summed E-state index contributed by atoms with van der Waals surface area (Å²) in [5.74, 6) is 0. The second-order valence-corrected chi connectivity index (χ2v) is 2.79. The second kappa shape index (κ2) is 5.48. The van der Waals surface area contributed by atoms with Gasteiger partial charge in [-0.3, -0.25) is 0 Å². The molecule has 6 heteroatoms. The highest BCUT2D eigenvalue weighted by molar-refractivity contribution is 4.61. The Balaban J connectivity index is 1.99. The summed E-state index contributed by atoms with van der Waals surface area (Å²) in [6, 6.07) is -0.790. The molecule has 1 saturated heterocycles. The van der Waals surface area contributed by atoms with Crippen molar-refractivity contribution >= 4 is 0 Å². The van der Waals surface area contributed by atoms with Gasteiger partial charge in [-0.25, -0.2) is 0 Å². The van der Waals surface area contributed by atoms with Crippen LogP contribution in [-0.2, 0) is 14.2 Å². The Hall–Kier alpha value is -0.240. The molecule has 1 aliphatic heterocycles. The van der Waals surface area contributed by atoms with Crippen LogP contribution in [0.4, 0.5) is 0 Å². The van der Waals surface area contributed by atoms with Crippen molar-refractivity contribution in [1.29, 1.82) is 0 Å². The minimum Gasteiger partial charge on any atom is -0.374 e. The summed E-state index contributed by atoms with van der Waals surface area (Å²) in [7, 11) is 0. The lowest BCUT2D eigenvalue weighted by molar-refractivity contribution is -0.115. The number of ether oxygens (including phenoxy) is 3. The topological polar surface area (TPSA) is 94.2 Å². The van der Waals surface area contributed by atoms with Crippen molar-refractivity contribution in [3.63, 3.8) is 0 Å². The number of aliphatic hydroxyl groups excluding tert-OH is 1. The van der Waals surface area contributed by atoms with E-state index in [0.717, 1.165) is 0 Å². The number of nitrogens with two attached hydrogens (primary N) is 1. The third-order valence-corrected chi connectivity index (χ3v) is 1.64. The molecule has 0 radical (unpaired) electrons. The first-order valence-corrected chi connectivity index (χ1v) is 4.13. The molecule has 1 atom stereocenters. The summed E-state index contributed by atoms with van der Waals surface area (Å²) >= 11 is 0. The van der Waals surface area contributed by atoms with Crippen LogP contribution in [0.3, 0.4) is 0 Å². The van der Waals surface area contributed by atoms with Gasteiger partial charge >= 0.3 is 0 Å². The molecule has 6 nitrogen and oxygen atoms in total. The van der Waals surface area contributed by atoms with Crippen molar-refractivity contribution in [2.75, 3.05) is 26.4 Å². The molecular weight excluding hydrogens is 178 g/mol. The van der Waals surface area contributed by atoms with Crippen LogP contribution in [0.2, 0.25) is 0 Å². The highest BCUT2D eigenvalue weighted by Crippen LogP contribution is 2.03. The summed E-state index contributed by atoms with van der Waals surface area (Å²) in [6.45, 7) is 1.48. The maximum Gasteiger partial charge on any atom is 0.181 e. The second-order valence-electron chi connectivity index (χ2n) is 2.79. The van der Waals surface area contributed by atoms with Gasteiger partial charge in [-0.2, -0.15) is 0 Å². The Morgan fingerprint density at radius 2 is 2.00 bits per heavy atom. The van der Waals surface area contributed by atoms with E-state index < -0.39 is 12.3 Å². The molecule has 1 aliphatic rings. The molecule has 1 fully saturated rings. The molecule has 0 spiro atoms. The minimum absolute atomic E-state index is 0.0703. The predicted molar refractivity (Wildman–Crippen MR) is 42.7 cm³/mol. The molecule has 0 aliphatic carbocycles. The van der Waals surface area contributed by atoms with Crippen LogP contribution < -0.4 is 5.73 Å². The SMILES string of the molecule is NC(COCC1OCCO1)C(O)O. The molecule has 1 unspecified atom stereocenters. The lowest BCUT2D eigenvalue weighted by Crippen LogP contribution is -2.39. The molecule has 1 heterocycles. The van der Waals surface area contributed by atoms with Crippen LogP contribution in [0.15, 0.2) is 0 Å². The molecule has 0 bridgehead atoms. The molecule has 4 N–H and O–H groups in total. The molecule has 0 aromatic carbocycles. The Kier molecular flexibility index (Phi) is 4.57. The average Bonchev–Trinajstić information content (AvgIpc) is 2.56. The maximum atomic E-state index is 8.60. The van der Waals surface area contributed by atoms with Gasteiger partial charge in [-0.15, -0.1) is 0 Å². The fourth-order valence-electron chi connectivity index (χ4n) is 0.890. The minimum atomic E-state index is -1.55.